The highest BCUT2D eigenvalue weighted by Gasteiger charge is 2.18. The van der Waals surface area contributed by atoms with Crippen molar-refractivity contribution in [2.45, 2.75) is 25.9 Å². The number of aromatic nitrogens is 2. The lowest BCUT2D eigenvalue weighted by molar-refractivity contribution is -0.130. The van der Waals surface area contributed by atoms with E-state index in [0.717, 1.165) is 38.2 Å². The summed E-state index contributed by atoms with van der Waals surface area (Å²) in [5, 5.41) is 3.07. The molecule has 1 amide bonds. The highest BCUT2D eigenvalue weighted by molar-refractivity contribution is 5.76. The first-order chi connectivity index (χ1) is 7.81. The number of carbonyl (C=O) groups excluding carboxylic acids is 1. The molecule has 0 aromatic carbocycles. The highest BCUT2D eigenvalue weighted by atomic mass is 16.2. The molecule has 0 radical (unpaired) electrons. The Kier molecular flexibility index (Phi) is 3.56. The first-order valence-electron chi connectivity index (χ1n) is 5.72. The van der Waals surface area contributed by atoms with E-state index in [1.165, 1.54) is 0 Å². The zero-order valence-corrected chi connectivity index (χ0v) is 9.65. The second kappa shape index (κ2) is 5.12. The molecule has 16 heavy (non-hydrogen) atoms. The van der Waals surface area contributed by atoms with Gasteiger partial charge in [0.2, 0.25) is 5.91 Å². The van der Waals surface area contributed by atoms with E-state index in [4.69, 9.17) is 0 Å². The largest absolute Gasteiger partial charge is 0.341 e. The van der Waals surface area contributed by atoms with Crippen LogP contribution in [0.3, 0.4) is 0 Å². The zero-order chi connectivity index (χ0) is 11.4. The Morgan fingerprint density at radius 1 is 1.50 bits per heavy atom. The van der Waals surface area contributed by atoms with Crippen molar-refractivity contribution in [3.8, 4) is 0 Å². The molecule has 88 valence electrons. The minimum Gasteiger partial charge on any atom is -0.341 e. The van der Waals surface area contributed by atoms with Crippen LogP contribution in [-0.2, 0) is 17.9 Å². The van der Waals surface area contributed by atoms with Crippen LogP contribution < -0.4 is 5.32 Å². The fourth-order valence-corrected chi connectivity index (χ4v) is 2.03. The van der Waals surface area contributed by atoms with Crippen molar-refractivity contribution in [1.29, 1.82) is 0 Å². The fourth-order valence-electron chi connectivity index (χ4n) is 2.03. The van der Waals surface area contributed by atoms with Gasteiger partial charge in [-0.05, 0) is 19.9 Å². The maximum atomic E-state index is 11.9. The number of rotatable bonds is 4. The highest BCUT2D eigenvalue weighted by Crippen LogP contribution is 2.09. The molecular weight excluding hydrogens is 204 g/mol. The van der Waals surface area contributed by atoms with E-state index in [1.54, 1.807) is 12.5 Å². The van der Waals surface area contributed by atoms with Crippen molar-refractivity contribution in [3.63, 3.8) is 0 Å². The van der Waals surface area contributed by atoms with E-state index < -0.39 is 0 Å². The first kappa shape index (κ1) is 11.1. The van der Waals surface area contributed by atoms with E-state index >= 15 is 0 Å². The topological polar surface area (TPSA) is 50.2 Å². The normalized spacial score (nSPS) is 15.7. The Balaban J connectivity index is 1.96. The smallest absolute Gasteiger partial charge is 0.242 e. The first-order valence-corrected chi connectivity index (χ1v) is 5.72. The van der Waals surface area contributed by atoms with Gasteiger partial charge in [0.15, 0.2) is 0 Å². The number of nitrogens with one attached hydrogen (secondary N) is 1. The Morgan fingerprint density at radius 3 is 2.94 bits per heavy atom. The summed E-state index contributed by atoms with van der Waals surface area (Å²) in [7, 11) is 1.89. The van der Waals surface area contributed by atoms with E-state index in [-0.39, 0.29) is 5.91 Å². The maximum Gasteiger partial charge on any atom is 0.242 e. The molecule has 1 aliphatic rings. The number of carbonyl (C=O) groups is 1. The quantitative estimate of drug-likeness (QED) is 0.793. The third-order valence-electron chi connectivity index (χ3n) is 2.92. The molecule has 5 nitrogen and oxygen atoms in total. The van der Waals surface area contributed by atoms with Crippen LogP contribution in [0.1, 0.15) is 18.5 Å². The van der Waals surface area contributed by atoms with Gasteiger partial charge >= 0.3 is 0 Å². The summed E-state index contributed by atoms with van der Waals surface area (Å²) in [5.74, 6) is 0.202. The second-order valence-electron chi connectivity index (χ2n) is 4.13. The van der Waals surface area contributed by atoms with Gasteiger partial charge in [-0.1, -0.05) is 0 Å². The molecule has 1 fully saturated rings. The number of hydrogen-bond donors (Lipinski definition) is 1. The minimum atomic E-state index is 0.202. The van der Waals surface area contributed by atoms with E-state index in [2.05, 4.69) is 10.3 Å². The fraction of sp³-hybridized carbons (Fsp3) is 0.636. The van der Waals surface area contributed by atoms with Crippen LogP contribution >= 0.6 is 0 Å². The Bertz CT molecular complexity index is 355. The molecule has 5 heteroatoms. The Morgan fingerprint density at radius 2 is 2.25 bits per heavy atom. The lowest BCUT2D eigenvalue weighted by Crippen LogP contribution is -2.31. The Hall–Kier alpha value is -1.36. The van der Waals surface area contributed by atoms with Gasteiger partial charge in [0.05, 0.1) is 12.0 Å². The third-order valence-corrected chi connectivity index (χ3v) is 2.92. The summed E-state index contributed by atoms with van der Waals surface area (Å²) >= 11 is 0. The van der Waals surface area contributed by atoms with Crippen LogP contribution in [0.15, 0.2) is 12.5 Å². The van der Waals surface area contributed by atoms with Gasteiger partial charge in [-0.3, -0.25) is 4.79 Å². The minimum absolute atomic E-state index is 0.202. The molecule has 1 saturated heterocycles. The van der Waals surface area contributed by atoms with Crippen LogP contribution in [0.2, 0.25) is 0 Å². The molecule has 1 aliphatic heterocycles. The lowest BCUT2D eigenvalue weighted by atomic mass is 10.4. The monoisotopic (exact) mass is 222 g/mol. The second-order valence-corrected chi connectivity index (χ2v) is 4.13. The molecule has 1 N–H and O–H groups in total. The molecule has 1 aromatic heterocycles. The van der Waals surface area contributed by atoms with Gasteiger partial charge < -0.3 is 14.8 Å². The van der Waals surface area contributed by atoms with Crippen molar-refractivity contribution in [2.24, 2.45) is 0 Å². The molecule has 0 atom stereocenters. The predicted octanol–water partition coefficient (Wildman–Crippen LogP) is 0.225. The number of likely N-dealkylation sites (tertiary alicyclic amines) is 1. The molecule has 0 aliphatic carbocycles. The summed E-state index contributed by atoms with van der Waals surface area (Å²) in [6.07, 6.45) is 5.80. The van der Waals surface area contributed by atoms with Gasteiger partial charge in [0.1, 0.15) is 6.54 Å². The third kappa shape index (κ3) is 2.41. The van der Waals surface area contributed by atoms with Crippen LogP contribution in [0.25, 0.3) is 0 Å². The summed E-state index contributed by atoms with van der Waals surface area (Å²) in [6.45, 7) is 2.98. The average Bonchev–Trinajstić information content (AvgIpc) is 2.90. The van der Waals surface area contributed by atoms with E-state index in [0.29, 0.717) is 6.54 Å². The van der Waals surface area contributed by atoms with Gasteiger partial charge in [0.25, 0.3) is 0 Å². The van der Waals surface area contributed by atoms with Crippen LogP contribution in [-0.4, -0.2) is 40.5 Å². The molecule has 0 saturated carbocycles. The lowest BCUT2D eigenvalue weighted by Gasteiger charge is -2.16. The molecule has 1 aromatic rings. The number of nitrogens with zero attached hydrogens (tertiary/aromatic N) is 3. The number of hydrogen-bond acceptors (Lipinski definition) is 3. The molecule has 0 unspecified atom stereocenters. The maximum absolute atomic E-state index is 11.9. The summed E-state index contributed by atoms with van der Waals surface area (Å²) in [5.41, 5.74) is 1.05. The van der Waals surface area contributed by atoms with Crippen molar-refractivity contribution in [1.82, 2.24) is 19.8 Å². The number of amides is 1. The molecular formula is C11H18N4O. The van der Waals surface area contributed by atoms with Crippen molar-refractivity contribution in [2.75, 3.05) is 20.1 Å². The summed E-state index contributed by atoms with van der Waals surface area (Å²) < 4.78 is 1.91. The van der Waals surface area contributed by atoms with Crippen LogP contribution in [0.4, 0.5) is 0 Å². The van der Waals surface area contributed by atoms with Gasteiger partial charge in [-0.2, -0.15) is 0 Å². The SMILES string of the molecule is CNCc1cncn1CC(=O)N1CCCC1. The van der Waals surface area contributed by atoms with E-state index in [1.807, 2.05) is 16.5 Å². The standard InChI is InChI=1S/C11H18N4O/c1-12-6-10-7-13-9-15(10)8-11(16)14-4-2-3-5-14/h7,9,12H,2-6,8H2,1H3. The van der Waals surface area contributed by atoms with Crippen molar-refractivity contribution < 1.29 is 4.79 Å². The van der Waals surface area contributed by atoms with Crippen molar-refractivity contribution in [3.05, 3.63) is 18.2 Å². The molecule has 2 heterocycles. The summed E-state index contributed by atoms with van der Waals surface area (Å²) in [6, 6.07) is 0. The molecule has 2 rings (SSSR count). The van der Waals surface area contributed by atoms with Crippen molar-refractivity contribution >= 4 is 5.91 Å². The molecule has 0 bridgehead atoms. The van der Waals surface area contributed by atoms with Crippen LogP contribution in [0, 0.1) is 0 Å². The summed E-state index contributed by atoms with van der Waals surface area (Å²) in [4.78, 5) is 17.9. The Labute approximate surface area is 95.5 Å². The van der Waals surface area contributed by atoms with E-state index in [9.17, 15) is 4.79 Å². The van der Waals surface area contributed by atoms with Gasteiger partial charge in [-0.15, -0.1) is 0 Å². The van der Waals surface area contributed by atoms with Gasteiger partial charge in [-0.25, -0.2) is 4.98 Å². The van der Waals surface area contributed by atoms with Gasteiger partial charge in [0, 0.05) is 25.8 Å². The average molecular weight is 222 g/mol. The van der Waals surface area contributed by atoms with Crippen LogP contribution in [0.5, 0.6) is 0 Å². The molecule has 0 spiro atoms. The predicted molar refractivity (Wildman–Crippen MR) is 60.8 cm³/mol. The number of imidazole rings is 1. The zero-order valence-electron chi connectivity index (χ0n) is 9.65.